The van der Waals surface area contributed by atoms with Gasteiger partial charge >= 0.3 is 12.1 Å². The lowest BCUT2D eigenvalue weighted by Crippen LogP contribution is -2.46. The van der Waals surface area contributed by atoms with Crippen LogP contribution in [-0.2, 0) is 28.5 Å². The van der Waals surface area contributed by atoms with E-state index in [2.05, 4.69) is 11.3 Å². The fraction of sp³-hybridized carbons (Fsp3) is 0.682. The fourth-order valence-electron chi connectivity index (χ4n) is 3.17. The third kappa shape index (κ3) is 9.09. The molecule has 0 aromatic rings. The second kappa shape index (κ2) is 12.5. The highest BCUT2D eigenvalue weighted by Gasteiger charge is 2.38. The van der Waals surface area contributed by atoms with Gasteiger partial charge in [-0.2, -0.15) is 0 Å². The summed E-state index contributed by atoms with van der Waals surface area (Å²) in [7, 11) is 2.82. The van der Waals surface area contributed by atoms with Crippen LogP contribution in [0.3, 0.4) is 0 Å². The van der Waals surface area contributed by atoms with Gasteiger partial charge in [-0.15, -0.1) is 0 Å². The van der Waals surface area contributed by atoms with Crippen molar-refractivity contribution < 1.29 is 33.3 Å². The number of carbonyl (C=O) groups excluding carboxylic acids is 3. The van der Waals surface area contributed by atoms with Crippen LogP contribution in [0.15, 0.2) is 24.3 Å². The average molecular weight is 426 g/mol. The van der Waals surface area contributed by atoms with Crippen molar-refractivity contribution in [3.63, 3.8) is 0 Å². The molecule has 0 unspecified atom stereocenters. The maximum absolute atomic E-state index is 12.6. The molecule has 170 valence electrons. The quantitative estimate of drug-likeness (QED) is 0.217. The third-order valence-electron chi connectivity index (χ3n) is 4.53. The van der Waals surface area contributed by atoms with Crippen LogP contribution in [0.1, 0.15) is 52.9 Å². The first kappa shape index (κ1) is 25.8. The van der Waals surface area contributed by atoms with E-state index in [1.807, 2.05) is 20.8 Å². The van der Waals surface area contributed by atoms with E-state index in [-0.39, 0.29) is 37.6 Å². The molecule has 1 aliphatic heterocycles. The van der Waals surface area contributed by atoms with Gasteiger partial charge in [0.1, 0.15) is 18.5 Å². The van der Waals surface area contributed by atoms with E-state index in [1.165, 1.54) is 20.3 Å². The molecule has 30 heavy (non-hydrogen) atoms. The maximum atomic E-state index is 12.6. The Morgan fingerprint density at radius 3 is 2.50 bits per heavy atom. The predicted molar refractivity (Wildman–Crippen MR) is 112 cm³/mol. The number of esters is 1. The van der Waals surface area contributed by atoms with Crippen LogP contribution in [0.4, 0.5) is 4.79 Å². The summed E-state index contributed by atoms with van der Waals surface area (Å²) in [5.41, 5.74) is 0.141. The van der Waals surface area contributed by atoms with Gasteiger partial charge in [0.15, 0.2) is 5.78 Å². The zero-order valence-electron chi connectivity index (χ0n) is 18.8. The van der Waals surface area contributed by atoms with Crippen LogP contribution < -0.4 is 0 Å². The normalized spacial score (nSPS) is 17.8. The molecule has 1 fully saturated rings. The zero-order valence-corrected chi connectivity index (χ0v) is 18.8. The van der Waals surface area contributed by atoms with Gasteiger partial charge in [0.2, 0.25) is 0 Å². The Hall–Kier alpha value is -2.19. The number of likely N-dealkylation sites (tertiary alicyclic amines) is 1. The fourth-order valence-corrected chi connectivity index (χ4v) is 3.17. The molecule has 1 rings (SSSR count). The summed E-state index contributed by atoms with van der Waals surface area (Å²) in [5.74, 6) is -0.587. The van der Waals surface area contributed by atoms with Gasteiger partial charge < -0.3 is 23.8 Å². The lowest BCUT2D eigenvalue weighted by Gasteiger charge is -2.33. The molecule has 0 saturated carbocycles. The lowest BCUT2D eigenvalue weighted by atomic mass is 9.98. The van der Waals surface area contributed by atoms with Gasteiger partial charge in [-0.25, -0.2) is 4.79 Å². The largest absolute Gasteiger partial charge is 0.469 e. The molecule has 8 nitrogen and oxygen atoms in total. The summed E-state index contributed by atoms with van der Waals surface area (Å²) in [4.78, 5) is 37.3. The predicted octanol–water partition coefficient (Wildman–Crippen LogP) is 3.40. The molecule has 1 saturated heterocycles. The van der Waals surface area contributed by atoms with E-state index in [4.69, 9.17) is 14.2 Å². The van der Waals surface area contributed by atoms with Crippen molar-refractivity contribution in [1.82, 2.24) is 4.90 Å². The number of hydrogen-bond donors (Lipinski definition) is 0. The molecule has 0 aromatic carbocycles. The summed E-state index contributed by atoms with van der Waals surface area (Å²) in [6.07, 6.45) is 4.44. The Bertz CT molecular complexity index is 636. The second-order valence-electron chi connectivity index (χ2n) is 8.18. The molecule has 0 aromatic heterocycles. The molecular weight excluding hydrogens is 390 g/mol. The summed E-state index contributed by atoms with van der Waals surface area (Å²) in [5, 5.41) is 0. The third-order valence-corrected chi connectivity index (χ3v) is 4.53. The standard InChI is InChI=1S/C22H35NO7/c1-16(9-7-10-17(24)12-13-19(25)28-6)20(29-15-27-5)18-11-8-14-23(18)21(26)30-22(2,3)4/h7,10,18,20H,1,8-9,11-15H2,2-6H3/b10-7+/t18-,20+/m1/s1. The zero-order chi connectivity index (χ0) is 22.7. The Morgan fingerprint density at radius 1 is 1.20 bits per heavy atom. The summed E-state index contributed by atoms with van der Waals surface area (Å²) < 4.78 is 21.0. The SMILES string of the molecule is C=C(C/C=C/C(=O)CCC(=O)OC)[C@H](OCOC)[C@H]1CCCN1C(=O)OC(C)(C)C. The Kier molecular flexibility index (Phi) is 10.8. The highest BCUT2D eigenvalue weighted by molar-refractivity contribution is 5.91. The molecule has 8 heteroatoms. The molecule has 1 heterocycles. The van der Waals surface area contributed by atoms with E-state index in [0.29, 0.717) is 13.0 Å². The highest BCUT2D eigenvalue weighted by atomic mass is 16.7. The molecule has 1 aliphatic rings. The van der Waals surface area contributed by atoms with Gasteiger partial charge in [-0.05, 0) is 51.7 Å². The second-order valence-corrected chi connectivity index (χ2v) is 8.18. The summed E-state index contributed by atoms with van der Waals surface area (Å²) in [6.45, 7) is 10.2. The molecule has 0 N–H and O–H groups in total. The van der Waals surface area contributed by atoms with E-state index < -0.39 is 17.7 Å². The van der Waals surface area contributed by atoms with Crippen molar-refractivity contribution in [3.8, 4) is 0 Å². The van der Waals surface area contributed by atoms with Gasteiger partial charge in [-0.3, -0.25) is 9.59 Å². The summed E-state index contributed by atoms with van der Waals surface area (Å²) in [6, 6.07) is -0.217. The van der Waals surface area contributed by atoms with Crippen LogP contribution >= 0.6 is 0 Å². The first-order valence-electron chi connectivity index (χ1n) is 10.1. The number of nitrogens with zero attached hydrogens (tertiary/aromatic N) is 1. The molecule has 0 aliphatic carbocycles. The molecule has 0 radical (unpaired) electrons. The van der Waals surface area contributed by atoms with Crippen molar-refractivity contribution in [1.29, 1.82) is 0 Å². The van der Waals surface area contributed by atoms with Crippen molar-refractivity contribution >= 4 is 17.8 Å². The average Bonchev–Trinajstić information content (AvgIpc) is 3.14. The van der Waals surface area contributed by atoms with Gasteiger partial charge in [-0.1, -0.05) is 12.7 Å². The smallest absolute Gasteiger partial charge is 0.410 e. The number of amides is 1. The Labute approximate surface area is 179 Å². The van der Waals surface area contributed by atoms with Gasteiger partial charge in [0.05, 0.1) is 19.6 Å². The number of ketones is 1. The molecule has 0 spiro atoms. The van der Waals surface area contributed by atoms with Crippen molar-refractivity contribution in [2.75, 3.05) is 27.6 Å². The highest BCUT2D eigenvalue weighted by Crippen LogP contribution is 2.28. The first-order chi connectivity index (χ1) is 14.1. The monoisotopic (exact) mass is 425 g/mol. The number of allylic oxidation sites excluding steroid dienone is 2. The van der Waals surface area contributed by atoms with Crippen LogP contribution in [0, 0.1) is 0 Å². The number of carbonyl (C=O) groups is 3. The van der Waals surface area contributed by atoms with Crippen molar-refractivity contribution in [2.45, 2.75) is 70.6 Å². The van der Waals surface area contributed by atoms with Crippen LogP contribution in [0.5, 0.6) is 0 Å². The van der Waals surface area contributed by atoms with Crippen molar-refractivity contribution in [3.05, 3.63) is 24.3 Å². The van der Waals surface area contributed by atoms with Crippen LogP contribution in [-0.4, -0.2) is 68.0 Å². The van der Waals surface area contributed by atoms with E-state index in [0.717, 1.165) is 18.4 Å². The number of ether oxygens (including phenoxy) is 4. The van der Waals surface area contributed by atoms with E-state index >= 15 is 0 Å². The minimum Gasteiger partial charge on any atom is -0.469 e. The Morgan fingerprint density at radius 2 is 1.90 bits per heavy atom. The first-order valence-corrected chi connectivity index (χ1v) is 10.1. The van der Waals surface area contributed by atoms with Gasteiger partial charge in [0, 0.05) is 20.1 Å². The number of methoxy groups -OCH3 is 2. The maximum Gasteiger partial charge on any atom is 0.410 e. The topological polar surface area (TPSA) is 91.4 Å². The minimum absolute atomic E-state index is 0.0487. The molecular formula is C22H35NO7. The molecule has 1 amide bonds. The number of rotatable bonds is 11. The lowest BCUT2D eigenvalue weighted by molar-refractivity contribution is -0.141. The van der Waals surface area contributed by atoms with Gasteiger partial charge in [0.25, 0.3) is 0 Å². The van der Waals surface area contributed by atoms with Crippen molar-refractivity contribution in [2.24, 2.45) is 0 Å². The minimum atomic E-state index is -0.586. The summed E-state index contributed by atoms with van der Waals surface area (Å²) >= 11 is 0. The van der Waals surface area contributed by atoms with Crippen LogP contribution in [0.25, 0.3) is 0 Å². The van der Waals surface area contributed by atoms with E-state index in [9.17, 15) is 14.4 Å². The number of hydrogen-bond acceptors (Lipinski definition) is 7. The molecule has 2 atom stereocenters. The van der Waals surface area contributed by atoms with Crippen LogP contribution in [0.2, 0.25) is 0 Å². The Balaban J connectivity index is 2.76. The van der Waals surface area contributed by atoms with E-state index in [1.54, 1.807) is 11.0 Å². The molecule has 0 bridgehead atoms.